The van der Waals surface area contributed by atoms with E-state index in [0.717, 1.165) is 28.6 Å². The maximum atomic E-state index is 6.05. The molecule has 19 heavy (non-hydrogen) atoms. The van der Waals surface area contributed by atoms with E-state index < -0.39 is 0 Å². The first-order valence-electron chi connectivity index (χ1n) is 6.40. The van der Waals surface area contributed by atoms with Crippen LogP contribution < -0.4 is 10.1 Å². The molecular weight excluding hydrogens is 258 g/mol. The molecule has 0 bridgehead atoms. The van der Waals surface area contributed by atoms with Crippen LogP contribution in [0.1, 0.15) is 19.4 Å². The summed E-state index contributed by atoms with van der Waals surface area (Å²) in [6.07, 6.45) is 0. The smallest absolute Gasteiger partial charge is 0.132 e. The highest BCUT2D eigenvalue weighted by Crippen LogP contribution is 2.27. The Balaban J connectivity index is 2.19. The molecule has 0 heterocycles. The molecule has 100 valence electrons. The van der Waals surface area contributed by atoms with E-state index in [2.05, 4.69) is 19.2 Å². The Morgan fingerprint density at radius 2 is 1.84 bits per heavy atom. The Hall–Kier alpha value is -1.51. The number of ether oxygens (including phenoxy) is 1. The first-order chi connectivity index (χ1) is 9.15. The van der Waals surface area contributed by atoms with Gasteiger partial charge in [-0.1, -0.05) is 43.6 Å². The number of hydrogen-bond acceptors (Lipinski definition) is 2. The summed E-state index contributed by atoms with van der Waals surface area (Å²) in [6, 6.07) is 15.9. The average molecular weight is 276 g/mol. The predicted molar refractivity (Wildman–Crippen MR) is 79.9 cm³/mol. The number of benzene rings is 2. The van der Waals surface area contributed by atoms with Crippen LogP contribution in [0, 0.1) is 0 Å². The highest BCUT2D eigenvalue weighted by atomic mass is 35.5. The van der Waals surface area contributed by atoms with Crippen LogP contribution in [0.4, 0.5) is 0 Å². The Morgan fingerprint density at radius 1 is 1.11 bits per heavy atom. The molecule has 2 aromatic rings. The van der Waals surface area contributed by atoms with Gasteiger partial charge in [0.25, 0.3) is 0 Å². The number of rotatable bonds is 5. The second-order valence-electron chi connectivity index (χ2n) is 4.70. The van der Waals surface area contributed by atoms with Gasteiger partial charge in [0, 0.05) is 23.2 Å². The van der Waals surface area contributed by atoms with Gasteiger partial charge in [-0.05, 0) is 30.3 Å². The van der Waals surface area contributed by atoms with Crippen LogP contribution in [-0.4, -0.2) is 6.04 Å². The number of halogens is 1. The van der Waals surface area contributed by atoms with Crippen LogP contribution in [0.15, 0.2) is 48.5 Å². The monoisotopic (exact) mass is 275 g/mol. The van der Waals surface area contributed by atoms with E-state index in [-0.39, 0.29) is 0 Å². The summed E-state index contributed by atoms with van der Waals surface area (Å²) in [6.45, 7) is 4.96. The van der Waals surface area contributed by atoms with Gasteiger partial charge < -0.3 is 10.1 Å². The van der Waals surface area contributed by atoms with Gasteiger partial charge in [0.05, 0.1) is 0 Å². The molecule has 0 atom stereocenters. The molecule has 0 radical (unpaired) electrons. The molecule has 2 rings (SSSR count). The van der Waals surface area contributed by atoms with Gasteiger partial charge in [-0.2, -0.15) is 0 Å². The Bertz CT molecular complexity index is 526. The van der Waals surface area contributed by atoms with E-state index in [1.165, 1.54) is 0 Å². The average Bonchev–Trinajstić information content (AvgIpc) is 2.40. The van der Waals surface area contributed by atoms with Crippen molar-refractivity contribution in [3.05, 3.63) is 59.1 Å². The lowest BCUT2D eigenvalue weighted by Gasteiger charge is -2.14. The lowest BCUT2D eigenvalue weighted by Crippen LogP contribution is -2.22. The Morgan fingerprint density at radius 3 is 2.53 bits per heavy atom. The van der Waals surface area contributed by atoms with Crippen molar-refractivity contribution < 1.29 is 4.74 Å². The van der Waals surface area contributed by atoms with Gasteiger partial charge in [0.2, 0.25) is 0 Å². The largest absolute Gasteiger partial charge is 0.457 e. The van der Waals surface area contributed by atoms with Gasteiger partial charge in [-0.25, -0.2) is 0 Å². The molecule has 0 amide bonds. The Labute approximate surface area is 119 Å². The number of para-hydroxylation sites is 1. The van der Waals surface area contributed by atoms with Crippen LogP contribution >= 0.6 is 11.6 Å². The molecule has 0 aliphatic carbocycles. The lowest BCUT2D eigenvalue weighted by molar-refractivity contribution is 0.469. The molecule has 0 fully saturated rings. The first kappa shape index (κ1) is 13.9. The standard InChI is InChI=1S/C16H18ClNO/c1-12(2)18-11-13-10-14(17)8-9-16(13)19-15-6-4-3-5-7-15/h3-10,12,18H,11H2,1-2H3. The molecule has 0 unspecified atom stereocenters. The number of nitrogens with one attached hydrogen (secondary N) is 1. The fourth-order valence-electron chi connectivity index (χ4n) is 1.72. The van der Waals surface area contributed by atoms with Crippen molar-refractivity contribution in [1.82, 2.24) is 5.32 Å². The van der Waals surface area contributed by atoms with E-state index in [0.29, 0.717) is 6.04 Å². The van der Waals surface area contributed by atoms with E-state index >= 15 is 0 Å². The summed E-state index contributed by atoms with van der Waals surface area (Å²) in [5.41, 5.74) is 1.06. The molecule has 0 aliphatic heterocycles. The molecule has 0 aromatic heterocycles. The first-order valence-corrected chi connectivity index (χ1v) is 6.77. The van der Waals surface area contributed by atoms with Crippen molar-refractivity contribution in [1.29, 1.82) is 0 Å². The zero-order valence-corrected chi connectivity index (χ0v) is 11.9. The minimum Gasteiger partial charge on any atom is -0.457 e. The van der Waals surface area contributed by atoms with Crippen LogP contribution in [0.2, 0.25) is 5.02 Å². The van der Waals surface area contributed by atoms with Gasteiger partial charge in [0.15, 0.2) is 0 Å². The van der Waals surface area contributed by atoms with Crippen LogP contribution in [-0.2, 0) is 6.54 Å². The summed E-state index contributed by atoms with van der Waals surface area (Å²) < 4.78 is 5.90. The molecule has 0 aliphatic rings. The molecule has 2 nitrogen and oxygen atoms in total. The maximum Gasteiger partial charge on any atom is 0.132 e. The maximum absolute atomic E-state index is 6.05. The van der Waals surface area contributed by atoms with Gasteiger partial charge in [-0.15, -0.1) is 0 Å². The van der Waals surface area contributed by atoms with Crippen molar-refractivity contribution in [2.45, 2.75) is 26.4 Å². The minimum atomic E-state index is 0.420. The summed E-state index contributed by atoms with van der Waals surface area (Å²) in [5.74, 6) is 1.67. The van der Waals surface area contributed by atoms with Crippen molar-refractivity contribution in [3.63, 3.8) is 0 Å². The zero-order chi connectivity index (χ0) is 13.7. The van der Waals surface area contributed by atoms with Crippen LogP contribution in [0.5, 0.6) is 11.5 Å². The summed E-state index contributed by atoms with van der Waals surface area (Å²) in [7, 11) is 0. The second-order valence-corrected chi connectivity index (χ2v) is 5.14. The Kier molecular flexibility index (Phi) is 4.83. The van der Waals surface area contributed by atoms with Crippen molar-refractivity contribution in [2.75, 3.05) is 0 Å². The normalized spacial score (nSPS) is 10.7. The molecular formula is C16H18ClNO. The highest BCUT2D eigenvalue weighted by Gasteiger charge is 2.06. The quantitative estimate of drug-likeness (QED) is 0.859. The fourth-order valence-corrected chi connectivity index (χ4v) is 1.91. The van der Waals surface area contributed by atoms with Crippen LogP contribution in [0.3, 0.4) is 0 Å². The van der Waals surface area contributed by atoms with Crippen molar-refractivity contribution in [2.24, 2.45) is 0 Å². The zero-order valence-electron chi connectivity index (χ0n) is 11.2. The van der Waals surface area contributed by atoms with E-state index in [4.69, 9.17) is 16.3 Å². The van der Waals surface area contributed by atoms with E-state index in [9.17, 15) is 0 Å². The highest BCUT2D eigenvalue weighted by molar-refractivity contribution is 6.30. The van der Waals surface area contributed by atoms with Gasteiger partial charge in [-0.3, -0.25) is 0 Å². The van der Waals surface area contributed by atoms with Crippen molar-refractivity contribution in [3.8, 4) is 11.5 Å². The summed E-state index contributed by atoms with van der Waals surface area (Å²) in [5, 5.41) is 4.10. The minimum absolute atomic E-state index is 0.420. The van der Waals surface area contributed by atoms with Crippen LogP contribution in [0.25, 0.3) is 0 Å². The molecule has 0 spiro atoms. The fraction of sp³-hybridized carbons (Fsp3) is 0.250. The molecule has 1 N–H and O–H groups in total. The summed E-state index contributed by atoms with van der Waals surface area (Å²) >= 11 is 6.05. The summed E-state index contributed by atoms with van der Waals surface area (Å²) in [4.78, 5) is 0. The second kappa shape index (κ2) is 6.60. The lowest BCUT2D eigenvalue weighted by atomic mass is 10.2. The predicted octanol–water partition coefficient (Wildman–Crippen LogP) is 4.63. The van der Waals surface area contributed by atoms with E-state index in [1.807, 2.05) is 48.5 Å². The third kappa shape index (κ3) is 4.27. The third-order valence-electron chi connectivity index (χ3n) is 2.69. The topological polar surface area (TPSA) is 21.3 Å². The van der Waals surface area contributed by atoms with Crippen molar-refractivity contribution >= 4 is 11.6 Å². The molecule has 2 aromatic carbocycles. The molecule has 0 saturated heterocycles. The van der Waals surface area contributed by atoms with E-state index in [1.54, 1.807) is 0 Å². The molecule has 0 saturated carbocycles. The number of hydrogen-bond donors (Lipinski definition) is 1. The van der Waals surface area contributed by atoms with Gasteiger partial charge in [0.1, 0.15) is 11.5 Å². The molecule has 3 heteroatoms. The van der Waals surface area contributed by atoms with Gasteiger partial charge >= 0.3 is 0 Å². The third-order valence-corrected chi connectivity index (χ3v) is 2.93. The SMILES string of the molecule is CC(C)NCc1cc(Cl)ccc1Oc1ccccc1.